The van der Waals surface area contributed by atoms with Crippen LogP contribution in [0.15, 0.2) is 36.7 Å². The number of aryl methyl sites for hydroxylation is 1. The normalized spacial score (nSPS) is 10.2. The van der Waals surface area contributed by atoms with Crippen molar-refractivity contribution >= 4 is 17.3 Å². The van der Waals surface area contributed by atoms with E-state index in [4.69, 9.17) is 0 Å². The summed E-state index contributed by atoms with van der Waals surface area (Å²) in [6, 6.07) is 6.19. The molecule has 4 nitrogen and oxygen atoms in total. The van der Waals surface area contributed by atoms with Gasteiger partial charge in [-0.3, -0.25) is 9.78 Å². The topological polar surface area (TPSA) is 54.0 Å². The molecule has 0 unspecified atom stereocenters. The van der Waals surface area contributed by atoms with Crippen molar-refractivity contribution in [3.8, 4) is 0 Å². The van der Waals surface area contributed by atoms with E-state index in [2.05, 4.69) is 15.6 Å². The van der Waals surface area contributed by atoms with Gasteiger partial charge in [0.1, 0.15) is 5.82 Å². The molecule has 0 atom stereocenters. The zero-order valence-corrected chi connectivity index (χ0v) is 12.1. The van der Waals surface area contributed by atoms with E-state index in [1.54, 1.807) is 24.5 Å². The largest absolute Gasteiger partial charge is 0.382 e. The van der Waals surface area contributed by atoms with Gasteiger partial charge in [0, 0.05) is 24.6 Å². The summed E-state index contributed by atoms with van der Waals surface area (Å²) in [6.45, 7) is 4.44. The number of hydrogen-bond donors (Lipinski definition) is 2. The average molecular weight is 287 g/mol. The number of aromatic nitrogens is 1. The third-order valence-electron chi connectivity index (χ3n) is 3.08. The Morgan fingerprint density at radius 2 is 2.14 bits per heavy atom. The Morgan fingerprint density at radius 3 is 2.86 bits per heavy atom. The smallest absolute Gasteiger partial charge is 0.257 e. The van der Waals surface area contributed by atoms with Crippen molar-refractivity contribution in [3.63, 3.8) is 0 Å². The lowest BCUT2D eigenvalue weighted by molar-refractivity contribution is 0.102. The Balaban J connectivity index is 2.27. The van der Waals surface area contributed by atoms with Gasteiger partial charge in [0.05, 0.1) is 11.3 Å². The molecule has 1 aromatic carbocycles. The van der Waals surface area contributed by atoms with Gasteiger partial charge in [0.25, 0.3) is 5.91 Å². The molecule has 0 aliphatic rings. The summed E-state index contributed by atoms with van der Waals surface area (Å²) in [5, 5.41) is 5.75. The van der Waals surface area contributed by atoms with Gasteiger partial charge in [-0.1, -0.05) is 13.0 Å². The number of rotatable bonds is 5. The highest BCUT2D eigenvalue weighted by atomic mass is 19.1. The molecule has 0 aliphatic heterocycles. The second-order valence-corrected chi connectivity index (χ2v) is 4.73. The zero-order chi connectivity index (χ0) is 15.2. The number of halogens is 1. The van der Waals surface area contributed by atoms with Gasteiger partial charge in [-0.05, 0) is 37.1 Å². The first kappa shape index (κ1) is 15.0. The summed E-state index contributed by atoms with van der Waals surface area (Å²) in [5.74, 6) is -0.773. The third kappa shape index (κ3) is 3.56. The molecule has 1 amide bonds. The second kappa shape index (κ2) is 6.83. The average Bonchev–Trinajstić information content (AvgIpc) is 2.48. The van der Waals surface area contributed by atoms with E-state index in [0.29, 0.717) is 17.8 Å². The van der Waals surface area contributed by atoms with Gasteiger partial charge >= 0.3 is 0 Å². The number of pyridine rings is 1. The summed E-state index contributed by atoms with van der Waals surface area (Å²) in [6.07, 6.45) is 4.11. The number of nitrogens with zero attached hydrogens (tertiary/aromatic N) is 1. The molecule has 0 saturated carbocycles. The van der Waals surface area contributed by atoms with Crippen molar-refractivity contribution in [2.75, 3.05) is 17.2 Å². The molecule has 1 heterocycles. The van der Waals surface area contributed by atoms with Crippen LogP contribution < -0.4 is 10.6 Å². The number of carbonyl (C=O) groups is 1. The summed E-state index contributed by atoms with van der Waals surface area (Å²) in [4.78, 5) is 16.3. The molecule has 0 saturated heterocycles. The first-order valence-corrected chi connectivity index (χ1v) is 6.87. The maximum atomic E-state index is 13.9. The van der Waals surface area contributed by atoms with Crippen LogP contribution in [0.2, 0.25) is 0 Å². The number of nitrogens with one attached hydrogen (secondary N) is 2. The summed E-state index contributed by atoms with van der Waals surface area (Å²) in [5.41, 5.74) is 2.05. The molecule has 1 aromatic heterocycles. The highest BCUT2D eigenvalue weighted by Crippen LogP contribution is 2.22. The van der Waals surface area contributed by atoms with Crippen molar-refractivity contribution in [3.05, 3.63) is 53.6 Å². The van der Waals surface area contributed by atoms with Crippen molar-refractivity contribution in [2.45, 2.75) is 20.3 Å². The third-order valence-corrected chi connectivity index (χ3v) is 3.08. The molecule has 110 valence electrons. The van der Waals surface area contributed by atoms with E-state index in [0.717, 1.165) is 12.0 Å². The fourth-order valence-corrected chi connectivity index (χ4v) is 1.95. The first-order valence-electron chi connectivity index (χ1n) is 6.87. The molecular formula is C16H18FN3O. The molecule has 21 heavy (non-hydrogen) atoms. The number of hydrogen-bond acceptors (Lipinski definition) is 3. The highest BCUT2D eigenvalue weighted by molar-refractivity contribution is 6.08. The summed E-state index contributed by atoms with van der Waals surface area (Å²) in [7, 11) is 0. The van der Waals surface area contributed by atoms with Gasteiger partial charge in [0.2, 0.25) is 0 Å². The maximum absolute atomic E-state index is 13.9. The Bertz CT molecular complexity index is 643. The first-order chi connectivity index (χ1) is 10.1. The Labute approximate surface area is 123 Å². The van der Waals surface area contributed by atoms with Crippen LogP contribution in [0.1, 0.15) is 29.3 Å². The summed E-state index contributed by atoms with van der Waals surface area (Å²) < 4.78 is 13.9. The fourth-order valence-electron chi connectivity index (χ4n) is 1.95. The van der Waals surface area contributed by atoms with E-state index in [-0.39, 0.29) is 11.6 Å². The van der Waals surface area contributed by atoms with E-state index < -0.39 is 5.82 Å². The molecule has 0 fully saturated rings. The van der Waals surface area contributed by atoms with Crippen LogP contribution >= 0.6 is 0 Å². The van der Waals surface area contributed by atoms with E-state index in [9.17, 15) is 9.18 Å². The second-order valence-electron chi connectivity index (χ2n) is 4.73. The summed E-state index contributed by atoms with van der Waals surface area (Å²) >= 11 is 0. The lowest BCUT2D eigenvalue weighted by atomic mass is 10.1. The van der Waals surface area contributed by atoms with Crippen LogP contribution in [0.3, 0.4) is 0 Å². The standard InChI is InChI=1S/C16H18FN3O/c1-3-8-19-15-12(5-4-6-13(15)17)16(21)20-14-7-9-18-10-11(14)2/h4-7,9-10,19H,3,8H2,1-2H3,(H,18,20,21). The van der Waals surface area contributed by atoms with Gasteiger partial charge in [-0.25, -0.2) is 4.39 Å². The predicted molar refractivity (Wildman–Crippen MR) is 82.1 cm³/mol. The Hall–Kier alpha value is -2.43. The quantitative estimate of drug-likeness (QED) is 0.883. The number of amides is 1. The highest BCUT2D eigenvalue weighted by Gasteiger charge is 2.15. The van der Waals surface area contributed by atoms with Crippen LogP contribution in [0, 0.1) is 12.7 Å². The predicted octanol–water partition coefficient (Wildman–Crippen LogP) is 3.60. The minimum Gasteiger partial charge on any atom is -0.382 e. The molecule has 2 aromatic rings. The molecule has 0 spiro atoms. The van der Waals surface area contributed by atoms with E-state index in [1.807, 2.05) is 13.8 Å². The Kier molecular flexibility index (Phi) is 4.87. The van der Waals surface area contributed by atoms with E-state index in [1.165, 1.54) is 12.1 Å². The van der Waals surface area contributed by atoms with Crippen LogP contribution in [0.5, 0.6) is 0 Å². The van der Waals surface area contributed by atoms with Crippen molar-refractivity contribution in [2.24, 2.45) is 0 Å². The van der Waals surface area contributed by atoms with Gasteiger partial charge in [-0.2, -0.15) is 0 Å². The minimum atomic E-state index is -0.428. The van der Waals surface area contributed by atoms with Crippen molar-refractivity contribution in [1.29, 1.82) is 0 Å². The molecule has 0 aliphatic carbocycles. The molecule has 0 radical (unpaired) electrons. The fraction of sp³-hybridized carbons (Fsp3) is 0.250. The Morgan fingerprint density at radius 1 is 1.33 bits per heavy atom. The van der Waals surface area contributed by atoms with Gasteiger partial charge < -0.3 is 10.6 Å². The van der Waals surface area contributed by atoms with Crippen LogP contribution in [0.4, 0.5) is 15.8 Å². The van der Waals surface area contributed by atoms with Crippen molar-refractivity contribution in [1.82, 2.24) is 4.98 Å². The van der Waals surface area contributed by atoms with Gasteiger partial charge in [0.15, 0.2) is 0 Å². The van der Waals surface area contributed by atoms with Crippen molar-refractivity contribution < 1.29 is 9.18 Å². The molecule has 0 bridgehead atoms. The molecule has 5 heteroatoms. The van der Waals surface area contributed by atoms with Crippen LogP contribution in [-0.2, 0) is 0 Å². The monoisotopic (exact) mass is 287 g/mol. The zero-order valence-electron chi connectivity index (χ0n) is 12.1. The molecular weight excluding hydrogens is 269 g/mol. The van der Waals surface area contributed by atoms with E-state index >= 15 is 0 Å². The lowest BCUT2D eigenvalue weighted by Gasteiger charge is -2.13. The maximum Gasteiger partial charge on any atom is 0.257 e. The van der Waals surface area contributed by atoms with Gasteiger partial charge in [-0.15, -0.1) is 0 Å². The number of para-hydroxylation sites is 1. The number of benzene rings is 1. The van der Waals surface area contributed by atoms with Crippen LogP contribution in [-0.4, -0.2) is 17.4 Å². The molecule has 2 rings (SSSR count). The number of carbonyl (C=O) groups excluding carboxylic acids is 1. The van der Waals surface area contributed by atoms with Crippen LogP contribution in [0.25, 0.3) is 0 Å². The minimum absolute atomic E-state index is 0.239. The SMILES string of the molecule is CCCNc1c(F)cccc1C(=O)Nc1ccncc1C. The number of anilines is 2. The lowest BCUT2D eigenvalue weighted by Crippen LogP contribution is -2.16. The molecule has 2 N–H and O–H groups in total.